The summed E-state index contributed by atoms with van der Waals surface area (Å²) >= 11 is 0. The number of nitrogens with zero attached hydrogens (tertiary/aromatic N) is 5. The van der Waals surface area contributed by atoms with Crippen molar-refractivity contribution in [3.8, 4) is 11.6 Å². The number of rotatable bonds is 5. The molecule has 2 amide bonds. The zero-order valence-corrected chi connectivity index (χ0v) is 21.8. The van der Waals surface area contributed by atoms with Gasteiger partial charge in [-0.25, -0.2) is 14.8 Å². The second kappa shape index (κ2) is 11.1. The quantitative estimate of drug-likeness (QED) is 0.616. The smallest absolute Gasteiger partial charge is 0.410 e. The van der Waals surface area contributed by atoms with Crippen LogP contribution in [0.4, 0.5) is 10.6 Å². The minimum Gasteiger partial charge on any atom is -0.444 e. The maximum Gasteiger partial charge on any atom is 0.410 e. The predicted molar refractivity (Wildman–Crippen MR) is 137 cm³/mol. The van der Waals surface area contributed by atoms with Gasteiger partial charge in [0.1, 0.15) is 23.5 Å². The first-order valence-corrected chi connectivity index (χ1v) is 12.8. The Hall–Kier alpha value is -3.36. The van der Waals surface area contributed by atoms with Crippen LogP contribution in [0.1, 0.15) is 46.1 Å². The monoisotopic (exact) mass is 495 g/mol. The molecule has 0 N–H and O–H groups in total. The maximum absolute atomic E-state index is 13.1. The van der Waals surface area contributed by atoms with E-state index >= 15 is 0 Å². The molecule has 1 aromatic heterocycles. The Bertz CT molecular complexity index is 1040. The van der Waals surface area contributed by atoms with Crippen molar-refractivity contribution >= 4 is 17.8 Å². The van der Waals surface area contributed by atoms with E-state index in [4.69, 9.17) is 9.47 Å². The first-order chi connectivity index (χ1) is 17.2. The summed E-state index contributed by atoms with van der Waals surface area (Å²) in [7, 11) is 0. The fourth-order valence-corrected chi connectivity index (χ4v) is 4.52. The summed E-state index contributed by atoms with van der Waals surface area (Å²) in [4.78, 5) is 39.9. The summed E-state index contributed by atoms with van der Waals surface area (Å²) < 4.78 is 11.4. The van der Waals surface area contributed by atoms with Gasteiger partial charge in [-0.1, -0.05) is 19.1 Å². The molecule has 0 saturated carbocycles. The van der Waals surface area contributed by atoms with Crippen molar-refractivity contribution in [2.45, 2.75) is 52.6 Å². The van der Waals surface area contributed by atoms with Gasteiger partial charge in [-0.15, -0.1) is 0 Å². The second-order valence-corrected chi connectivity index (χ2v) is 10.4. The van der Waals surface area contributed by atoms with Crippen LogP contribution < -0.4 is 9.64 Å². The van der Waals surface area contributed by atoms with Gasteiger partial charge in [0.25, 0.3) is 0 Å². The molecule has 0 radical (unpaired) electrons. The van der Waals surface area contributed by atoms with Crippen molar-refractivity contribution in [2.75, 3.05) is 44.2 Å². The Morgan fingerprint density at radius 2 is 1.58 bits per heavy atom. The zero-order chi connectivity index (χ0) is 25.7. The van der Waals surface area contributed by atoms with Crippen LogP contribution >= 0.6 is 0 Å². The third kappa shape index (κ3) is 6.65. The molecule has 0 unspecified atom stereocenters. The molecule has 0 bridgehead atoms. The molecule has 4 rings (SSSR count). The molecule has 9 nitrogen and oxygen atoms in total. The Labute approximate surface area is 213 Å². The van der Waals surface area contributed by atoms with Gasteiger partial charge in [-0.3, -0.25) is 4.79 Å². The van der Waals surface area contributed by atoms with Crippen LogP contribution in [-0.2, 0) is 16.0 Å². The number of aromatic nitrogens is 2. The zero-order valence-electron chi connectivity index (χ0n) is 21.8. The number of piperidine rings is 1. The second-order valence-electron chi connectivity index (χ2n) is 10.4. The van der Waals surface area contributed by atoms with Gasteiger partial charge in [0, 0.05) is 51.3 Å². The standard InChI is InChI=1S/C27H37N5O4/c1-5-20-6-8-22(9-7-20)35-24-18-23(28-19-29-24)30-12-10-21(11-13-30)25(33)31-14-16-32(17-15-31)26(34)36-27(2,3)4/h6-9,18-19,21H,5,10-17H2,1-4H3. The van der Waals surface area contributed by atoms with E-state index < -0.39 is 5.60 Å². The number of aryl methyl sites for hydroxylation is 1. The number of benzene rings is 1. The van der Waals surface area contributed by atoms with Crippen molar-refractivity contribution in [1.29, 1.82) is 0 Å². The van der Waals surface area contributed by atoms with E-state index in [1.54, 1.807) is 4.90 Å². The molecule has 0 spiro atoms. The molecule has 36 heavy (non-hydrogen) atoms. The average molecular weight is 496 g/mol. The number of amides is 2. The van der Waals surface area contributed by atoms with Crippen LogP contribution in [0.2, 0.25) is 0 Å². The summed E-state index contributed by atoms with van der Waals surface area (Å²) in [5.41, 5.74) is 0.738. The van der Waals surface area contributed by atoms with Gasteiger partial charge in [0.05, 0.1) is 0 Å². The highest BCUT2D eigenvalue weighted by Gasteiger charge is 2.32. The van der Waals surface area contributed by atoms with Crippen molar-refractivity contribution in [2.24, 2.45) is 5.92 Å². The molecular formula is C27H37N5O4. The van der Waals surface area contributed by atoms with E-state index in [2.05, 4.69) is 33.9 Å². The summed E-state index contributed by atoms with van der Waals surface area (Å²) in [6, 6.07) is 9.86. The Morgan fingerprint density at radius 1 is 0.944 bits per heavy atom. The predicted octanol–water partition coefficient (Wildman–Crippen LogP) is 4.13. The first kappa shape index (κ1) is 25.7. The number of hydrogen-bond donors (Lipinski definition) is 0. The Balaban J connectivity index is 1.26. The molecule has 0 atom stereocenters. The highest BCUT2D eigenvalue weighted by molar-refractivity contribution is 5.79. The molecule has 1 aromatic carbocycles. The lowest BCUT2D eigenvalue weighted by Gasteiger charge is -2.39. The van der Waals surface area contributed by atoms with Gasteiger partial charge >= 0.3 is 6.09 Å². The molecule has 0 aliphatic carbocycles. The molecule has 9 heteroatoms. The molecule has 2 aliphatic rings. The van der Waals surface area contributed by atoms with Gasteiger partial charge in [0.2, 0.25) is 11.8 Å². The van der Waals surface area contributed by atoms with Crippen LogP contribution in [0.15, 0.2) is 36.7 Å². The number of carbonyl (C=O) groups excluding carboxylic acids is 2. The van der Waals surface area contributed by atoms with Crippen molar-refractivity contribution in [1.82, 2.24) is 19.8 Å². The van der Waals surface area contributed by atoms with Crippen molar-refractivity contribution in [3.05, 3.63) is 42.2 Å². The summed E-state index contributed by atoms with van der Waals surface area (Å²) in [5, 5.41) is 0. The third-order valence-corrected chi connectivity index (χ3v) is 6.59. The van der Waals surface area contributed by atoms with E-state index in [-0.39, 0.29) is 17.9 Å². The normalized spacial score (nSPS) is 17.2. The van der Waals surface area contributed by atoms with Crippen LogP contribution in [-0.4, -0.2) is 76.6 Å². The number of piperazine rings is 1. The molecule has 2 aliphatic heterocycles. The first-order valence-electron chi connectivity index (χ1n) is 12.8. The minimum atomic E-state index is -0.519. The SMILES string of the molecule is CCc1ccc(Oc2cc(N3CCC(C(=O)N4CCN(C(=O)OC(C)(C)C)CC4)CC3)ncn2)cc1. The number of ether oxygens (including phenoxy) is 2. The van der Waals surface area contributed by atoms with E-state index in [0.717, 1.165) is 43.9 Å². The van der Waals surface area contributed by atoms with Crippen LogP contribution in [0, 0.1) is 5.92 Å². The van der Waals surface area contributed by atoms with Crippen LogP contribution in [0.5, 0.6) is 11.6 Å². The number of carbonyl (C=O) groups is 2. The van der Waals surface area contributed by atoms with E-state index in [1.807, 2.05) is 43.9 Å². The van der Waals surface area contributed by atoms with E-state index in [9.17, 15) is 9.59 Å². The lowest BCUT2D eigenvalue weighted by molar-refractivity contribution is -0.138. The maximum atomic E-state index is 13.1. The Morgan fingerprint density at radius 3 is 2.19 bits per heavy atom. The fraction of sp³-hybridized carbons (Fsp3) is 0.556. The minimum absolute atomic E-state index is 0.0102. The highest BCUT2D eigenvalue weighted by Crippen LogP contribution is 2.27. The lowest BCUT2D eigenvalue weighted by Crippen LogP contribution is -2.53. The summed E-state index contributed by atoms with van der Waals surface area (Å²) in [5.74, 6) is 2.23. The molecule has 194 valence electrons. The molecule has 2 fully saturated rings. The van der Waals surface area contributed by atoms with Crippen molar-refractivity contribution in [3.63, 3.8) is 0 Å². The topological polar surface area (TPSA) is 88.1 Å². The largest absolute Gasteiger partial charge is 0.444 e. The van der Waals surface area contributed by atoms with E-state index in [0.29, 0.717) is 32.1 Å². The molecule has 2 aromatic rings. The van der Waals surface area contributed by atoms with Crippen molar-refractivity contribution < 1.29 is 19.1 Å². The number of anilines is 1. The number of hydrogen-bond acceptors (Lipinski definition) is 7. The van der Waals surface area contributed by atoms with Crippen LogP contribution in [0.25, 0.3) is 0 Å². The third-order valence-electron chi connectivity index (χ3n) is 6.59. The molecule has 3 heterocycles. The fourth-order valence-electron chi connectivity index (χ4n) is 4.52. The lowest BCUT2D eigenvalue weighted by atomic mass is 9.95. The Kier molecular flexibility index (Phi) is 7.96. The summed E-state index contributed by atoms with van der Waals surface area (Å²) in [6.07, 6.45) is 3.73. The van der Waals surface area contributed by atoms with Crippen LogP contribution in [0.3, 0.4) is 0 Å². The summed E-state index contributed by atoms with van der Waals surface area (Å²) in [6.45, 7) is 11.3. The van der Waals surface area contributed by atoms with Gasteiger partial charge in [-0.05, 0) is 57.7 Å². The molecular weight excluding hydrogens is 458 g/mol. The van der Waals surface area contributed by atoms with Gasteiger partial charge in [0.15, 0.2) is 0 Å². The van der Waals surface area contributed by atoms with Gasteiger partial charge < -0.3 is 24.2 Å². The van der Waals surface area contributed by atoms with E-state index in [1.165, 1.54) is 11.9 Å². The average Bonchev–Trinajstić information content (AvgIpc) is 2.88. The highest BCUT2D eigenvalue weighted by atomic mass is 16.6. The van der Waals surface area contributed by atoms with Gasteiger partial charge in [-0.2, -0.15) is 0 Å². The molecule has 2 saturated heterocycles.